The average molecular weight is 365 g/mol. The first-order chi connectivity index (χ1) is 11.9. The third-order valence-corrected chi connectivity index (χ3v) is 4.15. The highest BCUT2D eigenvalue weighted by Gasteiger charge is 2.30. The van der Waals surface area contributed by atoms with Crippen molar-refractivity contribution in [3.8, 4) is 6.07 Å². The third kappa shape index (κ3) is 5.50. The minimum atomic E-state index is -4.44. The molecule has 1 amide bonds. The maximum Gasteiger partial charge on any atom is 0.417 e. The molecule has 2 aromatic rings. The molecule has 0 spiro atoms. The molecule has 0 fully saturated rings. The molecule has 0 aliphatic heterocycles. The number of carbonyl (C=O) groups is 1. The van der Waals surface area contributed by atoms with Gasteiger partial charge in [0.15, 0.2) is 0 Å². The Hall–Kier alpha value is -2.53. The van der Waals surface area contributed by atoms with Crippen molar-refractivity contribution in [3.63, 3.8) is 0 Å². The topological polar surface area (TPSA) is 57.0 Å². The number of alkyl halides is 3. The van der Waals surface area contributed by atoms with E-state index in [0.717, 1.165) is 24.0 Å². The first-order valence-electron chi connectivity index (χ1n) is 7.30. The van der Waals surface area contributed by atoms with Crippen molar-refractivity contribution in [2.75, 3.05) is 17.2 Å². The van der Waals surface area contributed by atoms with Crippen molar-refractivity contribution >= 4 is 23.4 Å². The van der Waals surface area contributed by atoms with Gasteiger partial charge in [-0.3, -0.25) is 4.79 Å². The van der Waals surface area contributed by atoms with Crippen LogP contribution in [0.2, 0.25) is 0 Å². The van der Waals surface area contributed by atoms with Crippen molar-refractivity contribution in [2.24, 2.45) is 0 Å². The highest BCUT2D eigenvalue weighted by molar-refractivity contribution is 7.99. The number of amides is 1. The van der Waals surface area contributed by atoms with Gasteiger partial charge in [0.25, 0.3) is 0 Å². The first-order valence-corrected chi connectivity index (χ1v) is 8.29. The second-order valence-electron chi connectivity index (χ2n) is 4.96. The first kappa shape index (κ1) is 18.8. The zero-order chi connectivity index (χ0) is 18.3. The number of pyridine rings is 1. The fraction of sp³-hybridized carbons (Fsp3) is 0.235. The van der Waals surface area contributed by atoms with E-state index in [1.165, 1.54) is 11.0 Å². The van der Waals surface area contributed by atoms with Crippen LogP contribution in [-0.2, 0) is 11.0 Å². The molecule has 0 radical (unpaired) electrons. The van der Waals surface area contributed by atoms with E-state index in [1.54, 1.807) is 24.3 Å². The number of hydrogen-bond acceptors (Lipinski definition) is 4. The number of halogens is 3. The summed E-state index contributed by atoms with van der Waals surface area (Å²) >= 11 is 1.05. The van der Waals surface area contributed by atoms with Gasteiger partial charge in [0, 0.05) is 18.4 Å². The lowest BCUT2D eigenvalue weighted by Crippen LogP contribution is -2.33. The normalized spacial score (nSPS) is 11.0. The number of carbonyl (C=O) groups excluding carboxylic acids is 1. The Bertz CT molecular complexity index is 742. The Kier molecular flexibility index (Phi) is 6.42. The van der Waals surface area contributed by atoms with Crippen LogP contribution in [0.4, 0.5) is 18.9 Å². The van der Waals surface area contributed by atoms with Gasteiger partial charge in [-0.25, -0.2) is 4.98 Å². The lowest BCUT2D eigenvalue weighted by atomic mass is 10.2. The van der Waals surface area contributed by atoms with E-state index in [0.29, 0.717) is 10.7 Å². The largest absolute Gasteiger partial charge is 0.417 e. The summed E-state index contributed by atoms with van der Waals surface area (Å²) in [4.78, 5) is 17.7. The van der Waals surface area contributed by atoms with Gasteiger partial charge < -0.3 is 4.90 Å². The Labute approximate surface area is 147 Å². The van der Waals surface area contributed by atoms with Gasteiger partial charge in [0.1, 0.15) is 0 Å². The monoisotopic (exact) mass is 365 g/mol. The zero-order valence-corrected chi connectivity index (χ0v) is 13.8. The number of rotatable bonds is 6. The molecule has 0 saturated heterocycles. The number of nitriles is 1. The predicted molar refractivity (Wildman–Crippen MR) is 89.0 cm³/mol. The molecule has 25 heavy (non-hydrogen) atoms. The maximum absolute atomic E-state index is 12.5. The fourth-order valence-corrected chi connectivity index (χ4v) is 2.73. The van der Waals surface area contributed by atoms with Crippen LogP contribution in [0.15, 0.2) is 53.7 Å². The molecule has 0 N–H and O–H groups in total. The lowest BCUT2D eigenvalue weighted by Gasteiger charge is -2.21. The van der Waals surface area contributed by atoms with Crippen LogP contribution in [0.1, 0.15) is 12.0 Å². The van der Waals surface area contributed by atoms with E-state index in [-0.39, 0.29) is 24.6 Å². The van der Waals surface area contributed by atoms with Crippen molar-refractivity contribution < 1.29 is 18.0 Å². The number of thioether (sulfide) groups is 1. The molecule has 130 valence electrons. The Morgan fingerprint density at radius 1 is 1.20 bits per heavy atom. The highest BCUT2D eigenvalue weighted by atomic mass is 32.2. The number of para-hydroxylation sites is 1. The molecular formula is C17H14F3N3OS. The van der Waals surface area contributed by atoms with Crippen LogP contribution in [0, 0.1) is 11.3 Å². The Balaban J connectivity index is 2.02. The number of anilines is 1. The van der Waals surface area contributed by atoms with Crippen molar-refractivity contribution in [2.45, 2.75) is 17.6 Å². The summed E-state index contributed by atoms with van der Waals surface area (Å²) in [5.74, 6) is -0.230. The summed E-state index contributed by atoms with van der Waals surface area (Å²) in [7, 11) is 0. The Morgan fingerprint density at radius 3 is 2.48 bits per heavy atom. The number of benzene rings is 1. The molecule has 1 heterocycles. The van der Waals surface area contributed by atoms with Crippen molar-refractivity contribution in [1.29, 1.82) is 5.26 Å². The summed E-state index contributed by atoms with van der Waals surface area (Å²) in [5, 5.41) is 9.08. The number of hydrogen-bond donors (Lipinski definition) is 0. The predicted octanol–water partition coefficient (Wildman–Crippen LogP) is 4.14. The minimum absolute atomic E-state index is 0.0126. The molecule has 0 bridgehead atoms. The molecule has 0 saturated carbocycles. The highest BCUT2D eigenvalue weighted by Crippen LogP contribution is 2.29. The fourth-order valence-electron chi connectivity index (χ4n) is 2.01. The Morgan fingerprint density at radius 2 is 1.92 bits per heavy atom. The van der Waals surface area contributed by atoms with Gasteiger partial charge in [-0.15, -0.1) is 0 Å². The van der Waals surface area contributed by atoms with E-state index in [9.17, 15) is 18.0 Å². The second-order valence-corrected chi connectivity index (χ2v) is 5.96. The van der Waals surface area contributed by atoms with E-state index in [2.05, 4.69) is 4.98 Å². The molecular weight excluding hydrogens is 351 g/mol. The van der Waals surface area contributed by atoms with Gasteiger partial charge in [0.05, 0.1) is 28.8 Å². The molecule has 0 atom stereocenters. The lowest BCUT2D eigenvalue weighted by molar-refractivity contribution is -0.137. The molecule has 0 aliphatic carbocycles. The standard InChI is InChI=1S/C17H14F3N3OS/c18-17(19,20)13-7-8-15(22-11-13)25-12-16(24)23(10-4-9-21)14-5-2-1-3-6-14/h1-3,5-8,11H,4,10,12H2. The van der Waals surface area contributed by atoms with Gasteiger partial charge in [0.2, 0.25) is 5.91 Å². The number of aromatic nitrogens is 1. The summed E-state index contributed by atoms with van der Waals surface area (Å²) in [6, 6.07) is 13.1. The SMILES string of the molecule is N#CCCN(C(=O)CSc1ccc(C(F)(F)F)cn1)c1ccccc1. The summed E-state index contributed by atoms with van der Waals surface area (Å²) in [6.45, 7) is 0.250. The van der Waals surface area contributed by atoms with Gasteiger partial charge in [-0.05, 0) is 24.3 Å². The quantitative estimate of drug-likeness (QED) is 0.722. The van der Waals surface area contributed by atoms with Crippen LogP contribution in [0.25, 0.3) is 0 Å². The molecule has 8 heteroatoms. The summed E-state index contributed by atoms with van der Waals surface area (Å²) in [6.07, 6.45) is -3.51. The van der Waals surface area contributed by atoms with Crippen LogP contribution in [-0.4, -0.2) is 23.2 Å². The second kappa shape index (κ2) is 8.53. The van der Waals surface area contributed by atoms with Crippen LogP contribution in [0.3, 0.4) is 0 Å². The van der Waals surface area contributed by atoms with E-state index >= 15 is 0 Å². The molecule has 1 aromatic carbocycles. The van der Waals surface area contributed by atoms with Crippen molar-refractivity contribution in [3.05, 3.63) is 54.2 Å². The molecule has 4 nitrogen and oxygen atoms in total. The van der Waals surface area contributed by atoms with Gasteiger partial charge >= 0.3 is 6.18 Å². The molecule has 2 rings (SSSR count). The van der Waals surface area contributed by atoms with Crippen LogP contribution >= 0.6 is 11.8 Å². The van der Waals surface area contributed by atoms with E-state index < -0.39 is 11.7 Å². The smallest absolute Gasteiger partial charge is 0.311 e. The van der Waals surface area contributed by atoms with E-state index in [4.69, 9.17) is 5.26 Å². The van der Waals surface area contributed by atoms with E-state index in [1.807, 2.05) is 12.1 Å². The van der Waals surface area contributed by atoms with Crippen LogP contribution in [0.5, 0.6) is 0 Å². The average Bonchev–Trinajstić information content (AvgIpc) is 2.61. The maximum atomic E-state index is 12.5. The third-order valence-electron chi connectivity index (χ3n) is 3.22. The van der Waals surface area contributed by atoms with Gasteiger partial charge in [-0.1, -0.05) is 30.0 Å². The molecule has 1 aromatic heterocycles. The summed E-state index contributed by atoms with van der Waals surface area (Å²) < 4.78 is 37.5. The number of nitrogens with zero attached hydrogens (tertiary/aromatic N) is 3. The minimum Gasteiger partial charge on any atom is -0.311 e. The molecule has 0 aliphatic rings. The summed E-state index contributed by atoms with van der Waals surface area (Å²) in [5.41, 5.74) is -0.160. The molecule has 0 unspecified atom stereocenters. The zero-order valence-electron chi connectivity index (χ0n) is 13.0. The van der Waals surface area contributed by atoms with Crippen LogP contribution < -0.4 is 4.90 Å². The van der Waals surface area contributed by atoms with Crippen molar-refractivity contribution in [1.82, 2.24) is 4.98 Å². The van der Waals surface area contributed by atoms with Gasteiger partial charge in [-0.2, -0.15) is 18.4 Å².